The summed E-state index contributed by atoms with van der Waals surface area (Å²) in [5.74, 6) is -1.44. The lowest BCUT2D eigenvalue weighted by atomic mass is 10.1. The number of quaternary nitrogens is 1. The van der Waals surface area contributed by atoms with E-state index >= 15 is 0 Å². The Labute approximate surface area is 74.8 Å². The molecule has 0 saturated heterocycles. The highest BCUT2D eigenvalue weighted by atomic mass is 32.1. The van der Waals surface area contributed by atoms with Crippen molar-refractivity contribution in [2.24, 2.45) is 5.92 Å². The first-order valence-corrected chi connectivity index (χ1v) is 4.64. The zero-order valence-electron chi connectivity index (χ0n) is 6.66. The van der Waals surface area contributed by atoms with E-state index in [1.54, 1.807) is 11.3 Å². The Kier molecular flexibility index (Phi) is 3.25. The molecule has 0 unspecified atom stereocenters. The summed E-state index contributed by atoms with van der Waals surface area (Å²) in [7, 11) is 0. The van der Waals surface area contributed by atoms with Crippen LogP contribution in [-0.2, 0) is 11.2 Å². The van der Waals surface area contributed by atoms with Crippen LogP contribution in [0.2, 0.25) is 0 Å². The molecule has 1 rings (SSSR count). The minimum absolute atomic E-state index is 0.389. The fourth-order valence-electron chi connectivity index (χ4n) is 0.975. The molecule has 0 saturated carbocycles. The van der Waals surface area contributed by atoms with E-state index in [0.717, 1.165) is 4.88 Å². The van der Waals surface area contributed by atoms with Crippen LogP contribution in [0, 0.1) is 5.92 Å². The van der Waals surface area contributed by atoms with E-state index < -0.39 is 11.9 Å². The molecular weight excluding hydrogens is 174 g/mol. The van der Waals surface area contributed by atoms with Gasteiger partial charge in [-0.15, -0.1) is 11.3 Å². The van der Waals surface area contributed by atoms with Crippen molar-refractivity contribution in [2.75, 3.05) is 6.54 Å². The molecule has 1 heterocycles. The van der Waals surface area contributed by atoms with Gasteiger partial charge in [-0.25, -0.2) is 0 Å². The molecule has 0 aliphatic carbocycles. The lowest BCUT2D eigenvalue weighted by molar-refractivity contribution is -0.387. The Morgan fingerprint density at radius 2 is 2.50 bits per heavy atom. The summed E-state index contributed by atoms with van der Waals surface area (Å²) in [6, 6.07) is 3.84. The van der Waals surface area contributed by atoms with E-state index in [1.165, 1.54) is 0 Å². The highest BCUT2D eigenvalue weighted by molar-refractivity contribution is 7.09. The van der Waals surface area contributed by atoms with Crippen molar-refractivity contribution in [3.63, 3.8) is 0 Å². The van der Waals surface area contributed by atoms with Crippen LogP contribution in [0.25, 0.3) is 0 Å². The van der Waals surface area contributed by atoms with Gasteiger partial charge in [0.2, 0.25) is 0 Å². The topological polar surface area (TPSA) is 67.8 Å². The zero-order chi connectivity index (χ0) is 8.97. The fourth-order valence-corrected chi connectivity index (χ4v) is 1.76. The van der Waals surface area contributed by atoms with Crippen LogP contribution < -0.4 is 10.8 Å². The molecule has 0 spiro atoms. The van der Waals surface area contributed by atoms with Crippen LogP contribution >= 0.6 is 11.3 Å². The predicted molar refractivity (Wildman–Crippen MR) is 44.3 cm³/mol. The molecule has 12 heavy (non-hydrogen) atoms. The van der Waals surface area contributed by atoms with Crippen molar-refractivity contribution >= 4 is 17.3 Å². The van der Waals surface area contributed by atoms with Crippen molar-refractivity contribution in [3.05, 3.63) is 22.4 Å². The highest BCUT2D eigenvalue weighted by Crippen LogP contribution is 2.13. The molecule has 0 aliphatic rings. The Morgan fingerprint density at radius 1 is 1.75 bits per heavy atom. The number of thiophene rings is 1. The molecule has 0 radical (unpaired) electrons. The second-order valence-corrected chi connectivity index (χ2v) is 3.62. The Hall–Kier alpha value is -0.870. The van der Waals surface area contributed by atoms with Crippen LogP contribution in [0.3, 0.4) is 0 Å². The third-order valence-corrected chi connectivity index (χ3v) is 2.61. The van der Waals surface area contributed by atoms with E-state index in [9.17, 15) is 9.90 Å². The summed E-state index contributed by atoms with van der Waals surface area (Å²) >= 11 is 1.57. The monoisotopic (exact) mass is 185 g/mol. The highest BCUT2D eigenvalue weighted by Gasteiger charge is 2.10. The van der Waals surface area contributed by atoms with Gasteiger partial charge >= 0.3 is 0 Å². The van der Waals surface area contributed by atoms with E-state index in [4.69, 9.17) is 0 Å². The minimum atomic E-state index is -1.00. The van der Waals surface area contributed by atoms with Gasteiger partial charge in [-0.05, 0) is 17.9 Å². The standard InChI is InChI=1S/C8H11NO2S/c9-5-6(8(10)11)4-7-2-1-3-12-7/h1-3,6H,4-5,9H2,(H,10,11)/t6-/m0/s1. The maximum absolute atomic E-state index is 10.5. The van der Waals surface area contributed by atoms with Crippen molar-refractivity contribution in [3.8, 4) is 0 Å². The first-order valence-electron chi connectivity index (χ1n) is 3.76. The van der Waals surface area contributed by atoms with Crippen LogP contribution in [0.4, 0.5) is 0 Å². The molecule has 3 nitrogen and oxygen atoms in total. The Balaban J connectivity index is 2.54. The van der Waals surface area contributed by atoms with Gasteiger partial charge in [-0.1, -0.05) is 6.07 Å². The first kappa shape index (κ1) is 9.22. The number of carbonyl (C=O) groups excluding carboxylic acids is 1. The molecule has 66 valence electrons. The van der Waals surface area contributed by atoms with Gasteiger partial charge in [0.25, 0.3) is 0 Å². The van der Waals surface area contributed by atoms with Crippen molar-refractivity contribution in [1.82, 2.24) is 0 Å². The third-order valence-electron chi connectivity index (χ3n) is 1.71. The number of hydrogen-bond donors (Lipinski definition) is 1. The number of carbonyl (C=O) groups is 1. The van der Waals surface area contributed by atoms with Gasteiger partial charge in [-0.3, -0.25) is 0 Å². The van der Waals surface area contributed by atoms with Gasteiger partial charge < -0.3 is 15.6 Å². The summed E-state index contributed by atoms with van der Waals surface area (Å²) in [4.78, 5) is 11.6. The number of carboxylic acids is 1. The lowest BCUT2D eigenvalue weighted by Crippen LogP contribution is -2.57. The number of rotatable bonds is 4. The van der Waals surface area contributed by atoms with E-state index in [2.05, 4.69) is 5.73 Å². The lowest BCUT2D eigenvalue weighted by Gasteiger charge is -2.11. The second-order valence-electron chi connectivity index (χ2n) is 2.59. The summed E-state index contributed by atoms with van der Waals surface area (Å²) < 4.78 is 0. The van der Waals surface area contributed by atoms with E-state index in [-0.39, 0.29) is 0 Å². The van der Waals surface area contributed by atoms with Gasteiger partial charge in [0.1, 0.15) is 0 Å². The first-order chi connectivity index (χ1) is 5.74. The van der Waals surface area contributed by atoms with Crippen LogP contribution in [-0.4, -0.2) is 12.5 Å². The number of aliphatic carboxylic acids is 1. The molecule has 0 aliphatic heterocycles. The molecular formula is C8H11NO2S. The third kappa shape index (κ3) is 2.32. The molecule has 4 heteroatoms. The Bertz CT molecular complexity index is 246. The van der Waals surface area contributed by atoms with Crippen molar-refractivity contribution in [2.45, 2.75) is 6.42 Å². The molecule has 1 aromatic rings. The average Bonchev–Trinajstić information content (AvgIpc) is 2.51. The summed E-state index contributed by atoms with van der Waals surface area (Å²) in [5, 5.41) is 12.4. The van der Waals surface area contributed by atoms with Crippen LogP contribution in [0.5, 0.6) is 0 Å². The average molecular weight is 185 g/mol. The number of hydrogen-bond acceptors (Lipinski definition) is 3. The zero-order valence-corrected chi connectivity index (χ0v) is 7.47. The largest absolute Gasteiger partial charge is 0.550 e. The van der Waals surface area contributed by atoms with Crippen molar-refractivity contribution in [1.29, 1.82) is 0 Å². The molecule has 0 bridgehead atoms. The maximum atomic E-state index is 10.5. The van der Waals surface area contributed by atoms with E-state index in [1.807, 2.05) is 17.5 Å². The van der Waals surface area contributed by atoms with Crippen LogP contribution in [0.1, 0.15) is 4.88 Å². The summed E-state index contributed by atoms with van der Waals surface area (Å²) in [6.07, 6.45) is 0.545. The SMILES string of the molecule is [NH3+]C[C@H](Cc1cccs1)C(=O)[O-]. The molecule has 3 N–H and O–H groups in total. The predicted octanol–water partition coefficient (Wildman–Crippen LogP) is -1.10. The summed E-state index contributed by atoms with van der Waals surface area (Å²) in [5.41, 5.74) is 3.57. The summed E-state index contributed by atoms with van der Waals surface area (Å²) in [6.45, 7) is 0.389. The minimum Gasteiger partial charge on any atom is -0.550 e. The second kappa shape index (κ2) is 4.23. The van der Waals surface area contributed by atoms with Gasteiger partial charge in [0.05, 0.1) is 18.4 Å². The van der Waals surface area contributed by atoms with Crippen molar-refractivity contribution < 1.29 is 15.6 Å². The Morgan fingerprint density at radius 3 is 2.92 bits per heavy atom. The smallest absolute Gasteiger partial charge is 0.0825 e. The number of carboxylic acid groups (broad SMARTS) is 1. The normalized spacial score (nSPS) is 12.8. The fraction of sp³-hybridized carbons (Fsp3) is 0.375. The van der Waals surface area contributed by atoms with Gasteiger partial charge in [0, 0.05) is 4.88 Å². The molecule has 0 amide bonds. The molecule has 1 aromatic heterocycles. The van der Waals surface area contributed by atoms with Gasteiger partial charge in [-0.2, -0.15) is 0 Å². The van der Waals surface area contributed by atoms with Gasteiger partial charge in [0.15, 0.2) is 0 Å². The molecule has 0 aromatic carbocycles. The maximum Gasteiger partial charge on any atom is 0.0825 e. The molecule has 1 atom stereocenters. The molecule has 0 fully saturated rings. The van der Waals surface area contributed by atoms with E-state index in [0.29, 0.717) is 13.0 Å². The quantitative estimate of drug-likeness (QED) is 0.647. The van der Waals surface area contributed by atoms with Crippen LogP contribution in [0.15, 0.2) is 17.5 Å².